The highest BCUT2D eigenvalue weighted by atomic mass is 35.5. The largest absolute Gasteiger partial charge is 0.329 e. The maximum Gasteiger partial charge on any atom is 0.191 e. The van der Waals surface area contributed by atoms with Gasteiger partial charge in [0.05, 0.1) is 11.9 Å². The summed E-state index contributed by atoms with van der Waals surface area (Å²) < 4.78 is 28.7. The van der Waals surface area contributed by atoms with E-state index in [1.165, 1.54) is 6.07 Å². The quantitative estimate of drug-likeness (QED) is 0.341. The van der Waals surface area contributed by atoms with Crippen LogP contribution in [-0.4, -0.2) is 15.9 Å². The Hall–Kier alpha value is -2.77. The highest BCUT2D eigenvalue weighted by molar-refractivity contribution is 7.80. The van der Waals surface area contributed by atoms with Gasteiger partial charge in [-0.15, -0.1) is 0 Å². The lowest BCUT2D eigenvalue weighted by molar-refractivity contribution is 0.586. The van der Waals surface area contributed by atoms with E-state index in [4.69, 9.17) is 23.8 Å². The zero-order valence-electron chi connectivity index (χ0n) is 15.1. The molecule has 2 aromatic carbocycles. The third-order valence-corrected chi connectivity index (χ3v) is 4.55. The number of aryl methyl sites for hydroxylation is 1. The Morgan fingerprint density at radius 2 is 1.82 bits per heavy atom. The van der Waals surface area contributed by atoms with Gasteiger partial charge in [0.2, 0.25) is 0 Å². The standard InChI is InChI=1S/C20H17ClF2N4S/c1-12-9-14(13(2)27(12)17-6-3-15(21)4-7-17)11-24-26-20(28)25-19-8-5-16(22)10-18(19)23/h3-11H,1-2H3,(H2,25,26,28). The van der Waals surface area contributed by atoms with Crippen molar-refractivity contribution in [2.45, 2.75) is 13.8 Å². The molecule has 0 amide bonds. The topological polar surface area (TPSA) is 41.4 Å². The summed E-state index contributed by atoms with van der Waals surface area (Å²) >= 11 is 11.0. The average Bonchev–Trinajstić information content (AvgIpc) is 2.92. The molecule has 1 heterocycles. The first kappa shape index (κ1) is 20.0. The second-order valence-corrected chi connectivity index (χ2v) is 6.93. The van der Waals surface area contributed by atoms with Crippen LogP contribution in [0.5, 0.6) is 0 Å². The summed E-state index contributed by atoms with van der Waals surface area (Å²) in [6, 6.07) is 12.7. The van der Waals surface area contributed by atoms with Crippen LogP contribution in [0, 0.1) is 25.5 Å². The Balaban J connectivity index is 1.70. The predicted octanol–water partition coefficient (Wildman–Crippen LogP) is 5.35. The lowest BCUT2D eigenvalue weighted by Crippen LogP contribution is -2.24. The van der Waals surface area contributed by atoms with Crippen molar-refractivity contribution in [3.05, 3.63) is 82.1 Å². The Kier molecular flexibility index (Phi) is 6.06. The first-order valence-electron chi connectivity index (χ1n) is 8.35. The van der Waals surface area contributed by atoms with Crippen LogP contribution < -0.4 is 10.7 Å². The van der Waals surface area contributed by atoms with Crippen LogP contribution in [0.15, 0.2) is 53.6 Å². The van der Waals surface area contributed by atoms with Gasteiger partial charge in [0, 0.05) is 33.7 Å². The van der Waals surface area contributed by atoms with Crippen LogP contribution in [0.1, 0.15) is 17.0 Å². The summed E-state index contributed by atoms with van der Waals surface area (Å²) in [5.74, 6) is -1.39. The molecule has 2 N–H and O–H groups in total. The molecule has 0 aliphatic rings. The molecule has 0 aliphatic heterocycles. The molecule has 3 aromatic rings. The summed E-state index contributed by atoms with van der Waals surface area (Å²) in [5.41, 5.74) is 6.62. The van der Waals surface area contributed by atoms with E-state index in [0.29, 0.717) is 5.02 Å². The molecule has 0 aliphatic carbocycles. The highest BCUT2D eigenvalue weighted by Gasteiger charge is 2.09. The van der Waals surface area contributed by atoms with Crippen LogP contribution in [0.2, 0.25) is 5.02 Å². The highest BCUT2D eigenvalue weighted by Crippen LogP contribution is 2.21. The van der Waals surface area contributed by atoms with Crippen LogP contribution in [0.4, 0.5) is 14.5 Å². The molecule has 144 valence electrons. The fourth-order valence-corrected chi connectivity index (χ4v) is 3.10. The minimum Gasteiger partial charge on any atom is -0.329 e. The van der Waals surface area contributed by atoms with Crippen molar-refractivity contribution in [3.63, 3.8) is 0 Å². The Morgan fingerprint density at radius 1 is 1.11 bits per heavy atom. The van der Waals surface area contributed by atoms with Crippen LogP contribution in [0.3, 0.4) is 0 Å². The lowest BCUT2D eigenvalue weighted by Gasteiger charge is -2.09. The van der Waals surface area contributed by atoms with E-state index in [-0.39, 0.29) is 10.8 Å². The molecular formula is C20H17ClF2N4S. The fraction of sp³-hybridized carbons (Fsp3) is 0.100. The monoisotopic (exact) mass is 418 g/mol. The molecule has 1 aromatic heterocycles. The number of hydrazone groups is 1. The third kappa shape index (κ3) is 4.55. The first-order valence-corrected chi connectivity index (χ1v) is 9.14. The summed E-state index contributed by atoms with van der Waals surface area (Å²) in [7, 11) is 0. The number of nitrogens with one attached hydrogen (secondary N) is 2. The Morgan fingerprint density at radius 3 is 2.50 bits per heavy atom. The summed E-state index contributed by atoms with van der Waals surface area (Å²) in [6.07, 6.45) is 1.63. The molecule has 4 nitrogen and oxygen atoms in total. The van der Waals surface area contributed by atoms with Gasteiger partial charge in [-0.3, -0.25) is 5.43 Å². The van der Waals surface area contributed by atoms with Gasteiger partial charge in [-0.05, 0) is 68.5 Å². The van der Waals surface area contributed by atoms with E-state index in [1.807, 2.05) is 44.2 Å². The molecule has 0 bridgehead atoms. The third-order valence-electron chi connectivity index (χ3n) is 4.10. The lowest BCUT2D eigenvalue weighted by atomic mass is 10.2. The molecule has 0 saturated carbocycles. The molecule has 0 saturated heterocycles. The number of aromatic nitrogens is 1. The predicted molar refractivity (Wildman–Crippen MR) is 114 cm³/mol. The smallest absolute Gasteiger partial charge is 0.191 e. The number of anilines is 1. The van der Waals surface area contributed by atoms with Crippen molar-refractivity contribution < 1.29 is 8.78 Å². The van der Waals surface area contributed by atoms with E-state index >= 15 is 0 Å². The SMILES string of the molecule is Cc1cc(C=NNC(=S)Nc2ccc(F)cc2F)c(C)n1-c1ccc(Cl)cc1. The zero-order chi connectivity index (χ0) is 20.3. The van der Waals surface area contributed by atoms with E-state index < -0.39 is 11.6 Å². The molecule has 8 heteroatoms. The van der Waals surface area contributed by atoms with Gasteiger partial charge in [0.1, 0.15) is 11.6 Å². The molecule has 0 atom stereocenters. The molecule has 0 unspecified atom stereocenters. The van der Waals surface area contributed by atoms with E-state index in [0.717, 1.165) is 34.8 Å². The van der Waals surface area contributed by atoms with Crippen LogP contribution >= 0.6 is 23.8 Å². The van der Waals surface area contributed by atoms with Gasteiger partial charge in [-0.2, -0.15) is 5.10 Å². The Bertz CT molecular complexity index is 1050. The van der Waals surface area contributed by atoms with E-state index in [9.17, 15) is 8.78 Å². The first-order chi connectivity index (χ1) is 13.3. The number of hydrogen-bond acceptors (Lipinski definition) is 2. The van der Waals surface area contributed by atoms with E-state index in [1.54, 1.807) is 6.21 Å². The molecule has 0 fully saturated rings. The van der Waals surface area contributed by atoms with E-state index in [2.05, 4.69) is 20.4 Å². The van der Waals surface area contributed by atoms with Crippen molar-refractivity contribution in [1.29, 1.82) is 0 Å². The second-order valence-electron chi connectivity index (χ2n) is 6.09. The number of thiocarbonyl (C=S) groups is 1. The maximum absolute atomic E-state index is 13.6. The Labute approximate surface area is 171 Å². The van der Waals surface area contributed by atoms with Gasteiger partial charge in [0.25, 0.3) is 0 Å². The van der Waals surface area contributed by atoms with Crippen molar-refractivity contribution in [2.75, 3.05) is 5.32 Å². The molecular weight excluding hydrogens is 402 g/mol. The summed E-state index contributed by atoms with van der Waals surface area (Å²) in [4.78, 5) is 0. The van der Waals surface area contributed by atoms with Crippen molar-refractivity contribution in [2.24, 2.45) is 5.10 Å². The minimum absolute atomic E-state index is 0.0648. The van der Waals surface area contributed by atoms with Gasteiger partial charge >= 0.3 is 0 Å². The molecule has 0 spiro atoms. The van der Waals surface area contributed by atoms with Crippen molar-refractivity contribution in [1.82, 2.24) is 9.99 Å². The number of nitrogens with zero attached hydrogens (tertiary/aromatic N) is 2. The second kappa shape index (κ2) is 8.50. The van der Waals surface area contributed by atoms with Crippen LogP contribution in [-0.2, 0) is 0 Å². The van der Waals surface area contributed by atoms with Gasteiger partial charge in [-0.25, -0.2) is 8.78 Å². The van der Waals surface area contributed by atoms with Crippen molar-refractivity contribution in [3.8, 4) is 5.69 Å². The maximum atomic E-state index is 13.6. The number of halogens is 3. The van der Waals surface area contributed by atoms with Crippen LogP contribution in [0.25, 0.3) is 5.69 Å². The summed E-state index contributed by atoms with van der Waals surface area (Å²) in [5, 5.41) is 7.50. The molecule has 28 heavy (non-hydrogen) atoms. The summed E-state index contributed by atoms with van der Waals surface area (Å²) in [6.45, 7) is 3.98. The van der Waals surface area contributed by atoms with Gasteiger partial charge in [-0.1, -0.05) is 11.6 Å². The number of benzene rings is 2. The van der Waals surface area contributed by atoms with Gasteiger partial charge in [0.15, 0.2) is 5.11 Å². The normalized spacial score (nSPS) is 11.0. The number of hydrogen-bond donors (Lipinski definition) is 2. The zero-order valence-corrected chi connectivity index (χ0v) is 16.7. The number of rotatable bonds is 4. The minimum atomic E-state index is -0.736. The average molecular weight is 419 g/mol. The fourth-order valence-electron chi connectivity index (χ4n) is 2.81. The van der Waals surface area contributed by atoms with Gasteiger partial charge < -0.3 is 9.88 Å². The molecule has 0 radical (unpaired) electrons. The molecule has 3 rings (SSSR count). The van der Waals surface area contributed by atoms with Crippen molar-refractivity contribution >= 4 is 40.8 Å².